The van der Waals surface area contributed by atoms with Crippen LogP contribution < -0.4 is 10.4 Å². The van der Waals surface area contributed by atoms with E-state index in [-0.39, 0.29) is 21.8 Å². The zero-order valence-corrected chi connectivity index (χ0v) is 34.4. The molecule has 290 valence electrons. The molecule has 0 spiro atoms. The third-order valence-electron chi connectivity index (χ3n) is 11.8. The van der Waals surface area contributed by atoms with Crippen LogP contribution in [0.4, 0.5) is 0 Å². The average Bonchev–Trinajstić information content (AvgIpc) is 3.20. The minimum absolute atomic E-state index is 0.0591. The van der Waals surface area contributed by atoms with E-state index in [0.717, 1.165) is 49.8 Å². The van der Waals surface area contributed by atoms with Gasteiger partial charge >= 0.3 is 5.97 Å². The fourth-order valence-electron chi connectivity index (χ4n) is 8.72. The number of methoxy groups -OCH3 is 1. The molecule has 0 aliphatic heterocycles. The number of hydrogen-bond donors (Lipinski definition) is 0. The van der Waals surface area contributed by atoms with Crippen molar-refractivity contribution < 1.29 is 23.4 Å². The van der Waals surface area contributed by atoms with E-state index in [4.69, 9.17) is 18.6 Å². The van der Waals surface area contributed by atoms with E-state index < -0.39 is 8.32 Å². The summed E-state index contributed by atoms with van der Waals surface area (Å²) in [6.45, 7) is 10.1. The van der Waals surface area contributed by atoms with E-state index in [2.05, 4.69) is 130 Å². The first-order valence-corrected chi connectivity index (χ1v) is 22.2. The average molecular weight is 749 g/mol. The number of esters is 1. The van der Waals surface area contributed by atoms with Gasteiger partial charge in [-0.05, 0) is 76.9 Å². The van der Waals surface area contributed by atoms with Crippen LogP contribution in [0.2, 0.25) is 5.04 Å². The molecule has 0 atom stereocenters. The molecule has 6 heteroatoms. The Morgan fingerprint density at radius 1 is 0.648 bits per heavy atom. The summed E-state index contributed by atoms with van der Waals surface area (Å²) in [5.74, 6) is -0.163. The maximum Gasteiger partial charge on any atom is 0.305 e. The van der Waals surface area contributed by atoms with Crippen LogP contribution in [0.1, 0.15) is 103 Å². The number of benzene rings is 4. The van der Waals surface area contributed by atoms with E-state index >= 15 is 0 Å². The molecule has 4 aromatic rings. The van der Waals surface area contributed by atoms with E-state index in [1.54, 1.807) is 0 Å². The van der Waals surface area contributed by atoms with Gasteiger partial charge in [-0.2, -0.15) is 0 Å². The molecule has 0 heterocycles. The highest BCUT2D eigenvalue weighted by Gasteiger charge is 2.50. The predicted molar refractivity (Wildman–Crippen MR) is 223 cm³/mol. The molecule has 0 bridgehead atoms. The lowest BCUT2D eigenvalue weighted by Gasteiger charge is -2.45. The molecule has 1 saturated carbocycles. The molecule has 0 aromatic heterocycles. The SMILES string of the molecule is COC(=O)CCCC(CCC1(CCO[Si](c2ccccc2)(c2ccccc2)C(C)(C)C)CCCCC1)(COCc1ccccc1)COCc1ccccc1. The summed E-state index contributed by atoms with van der Waals surface area (Å²) in [6.07, 6.45) is 11.3. The Bertz CT molecular complexity index is 1550. The first-order valence-electron chi connectivity index (χ1n) is 20.2. The Morgan fingerprint density at radius 3 is 1.59 bits per heavy atom. The molecule has 0 radical (unpaired) electrons. The van der Waals surface area contributed by atoms with Gasteiger partial charge in [0.1, 0.15) is 0 Å². The quantitative estimate of drug-likeness (QED) is 0.0627. The van der Waals surface area contributed by atoms with Gasteiger partial charge in [-0.1, -0.05) is 161 Å². The Balaban J connectivity index is 1.39. The molecule has 1 aliphatic rings. The van der Waals surface area contributed by atoms with E-state index in [1.807, 2.05) is 12.1 Å². The topological polar surface area (TPSA) is 54.0 Å². The minimum Gasteiger partial charge on any atom is -0.469 e. The molecule has 0 amide bonds. The second kappa shape index (κ2) is 20.4. The highest BCUT2D eigenvalue weighted by Crippen LogP contribution is 2.47. The van der Waals surface area contributed by atoms with Crippen LogP contribution in [-0.4, -0.2) is 41.2 Å². The van der Waals surface area contributed by atoms with Gasteiger partial charge in [0, 0.05) is 18.4 Å². The number of rotatable bonds is 21. The largest absolute Gasteiger partial charge is 0.469 e. The molecule has 1 fully saturated rings. The Labute approximate surface area is 326 Å². The maximum absolute atomic E-state index is 12.3. The second-order valence-corrected chi connectivity index (χ2v) is 21.0. The number of ether oxygens (including phenoxy) is 3. The van der Waals surface area contributed by atoms with Crippen LogP contribution >= 0.6 is 0 Å². The lowest BCUT2D eigenvalue weighted by Crippen LogP contribution is -2.66. The highest BCUT2D eigenvalue weighted by molar-refractivity contribution is 6.99. The van der Waals surface area contributed by atoms with Crippen molar-refractivity contribution in [1.29, 1.82) is 0 Å². The fraction of sp³-hybridized carbons (Fsp3) is 0.479. The van der Waals surface area contributed by atoms with Crippen LogP contribution in [0, 0.1) is 10.8 Å². The molecule has 54 heavy (non-hydrogen) atoms. The molecule has 0 saturated heterocycles. The smallest absolute Gasteiger partial charge is 0.305 e. The standard InChI is InChI=1S/C48H64O5Si/c1-46(2,3)54(43-25-14-7-15-26-43,44-27-16-8-17-28-44)53-36-35-47(30-18-9-19-31-47)33-34-48(32-20-29-45(49)50-4,39-51-37-41-21-10-5-11-22-41)40-52-38-42-23-12-6-13-24-42/h5-8,10-17,21-28H,9,18-20,29-40H2,1-4H3. The Morgan fingerprint density at radius 2 is 1.13 bits per heavy atom. The first-order chi connectivity index (χ1) is 26.2. The molecule has 5 rings (SSSR count). The van der Waals surface area contributed by atoms with Crippen molar-refractivity contribution in [3.05, 3.63) is 132 Å². The lowest BCUT2D eigenvalue weighted by atomic mass is 9.66. The minimum atomic E-state index is -2.64. The molecule has 1 aliphatic carbocycles. The van der Waals surface area contributed by atoms with Crippen molar-refractivity contribution >= 4 is 24.7 Å². The van der Waals surface area contributed by atoms with Gasteiger partial charge < -0.3 is 18.6 Å². The summed E-state index contributed by atoms with van der Waals surface area (Å²) in [5.41, 5.74) is 2.25. The molecule has 0 unspecified atom stereocenters. The zero-order valence-electron chi connectivity index (χ0n) is 33.4. The highest BCUT2D eigenvalue weighted by atomic mass is 28.4. The van der Waals surface area contributed by atoms with Crippen molar-refractivity contribution in [2.45, 2.75) is 110 Å². The Kier molecular flexibility index (Phi) is 15.7. The van der Waals surface area contributed by atoms with E-state index in [1.165, 1.54) is 49.6 Å². The van der Waals surface area contributed by atoms with Crippen molar-refractivity contribution in [1.82, 2.24) is 0 Å². The van der Waals surface area contributed by atoms with Gasteiger partial charge in [-0.3, -0.25) is 4.79 Å². The predicted octanol–water partition coefficient (Wildman–Crippen LogP) is 10.4. The van der Waals surface area contributed by atoms with Crippen molar-refractivity contribution in [3.8, 4) is 0 Å². The first kappa shape index (κ1) is 41.6. The summed E-state index contributed by atoms with van der Waals surface area (Å²) in [6, 6.07) is 42.8. The van der Waals surface area contributed by atoms with E-state index in [0.29, 0.717) is 32.8 Å². The third kappa shape index (κ3) is 11.5. The Hall–Kier alpha value is -3.55. The second-order valence-electron chi connectivity index (χ2n) is 16.7. The van der Waals surface area contributed by atoms with Crippen molar-refractivity contribution in [2.24, 2.45) is 10.8 Å². The van der Waals surface area contributed by atoms with Gasteiger partial charge in [0.15, 0.2) is 0 Å². The van der Waals surface area contributed by atoms with Gasteiger partial charge in [-0.25, -0.2) is 0 Å². The summed E-state index contributed by atoms with van der Waals surface area (Å²) in [5, 5.41) is 2.60. The lowest BCUT2D eigenvalue weighted by molar-refractivity contribution is -0.141. The summed E-state index contributed by atoms with van der Waals surface area (Å²) in [7, 11) is -1.17. The van der Waals surface area contributed by atoms with Crippen molar-refractivity contribution in [2.75, 3.05) is 26.9 Å². The maximum atomic E-state index is 12.3. The molecular weight excluding hydrogens is 685 g/mol. The van der Waals surface area contributed by atoms with Crippen LogP contribution in [0.15, 0.2) is 121 Å². The van der Waals surface area contributed by atoms with Crippen LogP contribution in [0.25, 0.3) is 0 Å². The van der Waals surface area contributed by atoms with Crippen LogP contribution in [0.3, 0.4) is 0 Å². The van der Waals surface area contributed by atoms with Gasteiger partial charge in [0.25, 0.3) is 8.32 Å². The van der Waals surface area contributed by atoms with Crippen LogP contribution in [-0.2, 0) is 36.6 Å². The van der Waals surface area contributed by atoms with Gasteiger partial charge in [0.2, 0.25) is 0 Å². The normalized spacial score (nSPS) is 14.8. The summed E-state index contributed by atoms with van der Waals surface area (Å²) < 4.78 is 25.7. The number of carbonyl (C=O) groups excluding carboxylic acids is 1. The van der Waals surface area contributed by atoms with Gasteiger partial charge in [0.05, 0.1) is 33.5 Å². The van der Waals surface area contributed by atoms with Gasteiger partial charge in [-0.15, -0.1) is 0 Å². The summed E-state index contributed by atoms with van der Waals surface area (Å²) in [4.78, 5) is 12.3. The molecule has 5 nitrogen and oxygen atoms in total. The van der Waals surface area contributed by atoms with E-state index in [9.17, 15) is 4.79 Å². The monoisotopic (exact) mass is 748 g/mol. The fourth-order valence-corrected chi connectivity index (χ4v) is 13.3. The zero-order chi connectivity index (χ0) is 38.2. The van der Waals surface area contributed by atoms with Crippen LogP contribution in [0.5, 0.6) is 0 Å². The van der Waals surface area contributed by atoms with Crippen molar-refractivity contribution in [3.63, 3.8) is 0 Å². The number of carbonyl (C=O) groups is 1. The molecule has 0 N–H and O–H groups in total. The molecular formula is C48H64O5Si. The number of hydrogen-bond acceptors (Lipinski definition) is 5. The summed E-state index contributed by atoms with van der Waals surface area (Å²) >= 11 is 0. The molecule has 4 aromatic carbocycles. The third-order valence-corrected chi connectivity index (χ3v) is 16.9.